The van der Waals surface area contributed by atoms with Crippen LogP contribution in [-0.4, -0.2) is 60.8 Å². The molecule has 29 heavy (non-hydrogen) atoms. The van der Waals surface area contributed by atoms with Gasteiger partial charge in [0, 0.05) is 32.2 Å². The topological polar surface area (TPSA) is 92.1 Å². The lowest BCUT2D eigenvalue weighted by Crippen LogP contribution is -3.00. The van der Waals surface area contributed by atoms with Crippen molar-refractivity contribution in [2.75, 3.05) is 49.8 Å². The Morgan fingerprint density at radius 3 is 2.76 bits per heavy atom. The average Bonchev–Trinajstić information content (AvgIpc) is 2.69. The highest BCUT2D eigenvalue weighted by molar-refractivity contribution is 5.80. The van der Waals surface area contributed by atoms with Crippen molar-refractivity contribution in [3.8, 4) is 6.01 Å². The van der Waals surface area contributed by atoms with Gasteiger partial charge in [0.2, 0.25) is 0 Å². The van der Waals surface area contributed by atoms with E-state index in [9.17, 15) is 0 Å². The number of aryl methyl sites for hydroxylation is 1. The number of aliphatic hydroxyl groups is 1. The molecular weight excluding hydrogens is 417 g/mol. The second-order valence-corrected chi connectivity index (χ2v) is 6.20. The molecule has 1 aromatic carbocycles. The van der Waals surface area contributed by atoms with Gasteiger partial charge in [-0.05, 0) is 12.5 Å². The van der Waals surface area contributed by atoms with E-state index >= 15 is 0 Å². The number of benzene rings is 1. The first-order chi connectivity index (χ1) is 13.2. The van der Waals surface area contributed by atoms with Crippen LogP contribution < -0.4 is 39.9 Å². The van der Waals surface area contributed by atoms with E-state index in [1.807, 2.05) is 37.3 Å². The van der Waals surface area contributed by atoms with Crippen LogP contribution in [0.25, 0.3) is 0 Å². The molecule has 0 spiro atoms. The van der Waals surface area contributed by atoms with Gasteiger partial charge in [-0.1, -0.05) is 29.8 Å². The fourth-order valence-electron chi connectivity index (χ4n) is 2.64. The van der Waals surface area contributed by atoms with Gasteiger partial charge in [0.1, 0.15) is 5.82 Å². The zero-order valence-electron chi connectivity index (χ0n) is 16.2. The molecule has 0 bridgehead atoms. The first-order valence-electron chi connectivity index (χ1n) is 9.06. The molecule has 160 valence electrons. The summed E-state index contributed by atoms with van der Waals surface area (Å²) in [5, 5.41) is 13.2. The van der Waals surface area contributed by atoms with E-state index in [1.54, 1.807) is 6.21 Å². The normalized spacial score (nSPS) is 13.5. The minimum atomic E-state index is 0. The number of aromatic nitrogens is 2. The van der Waals surface area contributed by atoms with Gasteiger partial charge in [-0.25, -0.2) is 0 Å². The minimum absolute atomic E-state index is 0. The van der Waals surface area contributed by atoms with Crippen LogP contribution in [0.5, 0.6) is 6.01 Å². The zero-order chi connectivity index (χ0) is 18.9. The van der Waals surface area contributed by atoms with Crippen molar-refractivity contribution in [1.29, 1.82) is 0 Å². The first kappa shape index (κ1) is 24.9. The van der Waals surface area contributed by atoms with E-state index in [0.29, 0.717) is 32.1 Å². The summed E-state index contributed by atoms with van der Waals surface area (Å²) in [7, 11) is 0. The van der Waals surface area contributed by atoms with Gasteiger partial charge in [-0.15, -0.1) is 0 Å². The molecule has 2 aromatic rings. The maximum atomic E-state index is 8.93. The van der Waals surface area contributed by atoms with E-state index in [1.165, 1.54) is 5.56 Å². The van der Waals surface area contributed by atoms with Crippen LogP contribution >= 0.6 is 0 Å². The van der Waals surface area contributed by atoms with Gasteiger partial charge in [-0.3, -0.25) is 5.43 Å². The standard InChI is InChI=1S/C19H25N5O3.2ClH/c1-15-4-2-5-16(12-15)14-20-23-17-13-18(24-6-10-26-11-7-24)22-19(21-17)27-9-3-8-25;;/h2,4-5,12-14,25H,3,6-11H2,1H3,(H,21,22,23);2*1H/p-2/b20-14+;;. The fraction of sp³-hybridized carbons (Fsp3) is 0.421. The van der Waals surface area contributed by atoms with Crippen molar-refractivity contribution in [2.45, 2.75) is 13.3 Å². The van der Waals surface area contributed by atoms with Crippen LogP contribution in [0.15, 0.2) is 35.4 Å². The third-order valence-corrected chi connectivity index (χ3v) is 4.00. The first-order valence-corrected chi connectivity index (χ1v) is 9.06. The molecule has 0 saturated carbocycles. The Balaban J connectivity index is 0.00000210. The number of nitrogens with zero attached hydrogens (tertiary/aromatic N) is 4. The summed E-state index contributed by atoms with van der Waals surface area (Å²) in [6.45, 7) is 5.32. The lowest BCUT2D eigenvalue weighted by Gasteiger charge is -2.28. The van der Waals surface area contributed by atoms with Crippen LogP contribution in [0.3, 0.4) is 0 Å². The molecule has 1 saturated heterocycles. The molecule has 0 radical (unpaired) electrons. The molecule has 2 heterocycles. The molecule has 0 amide bonds. The number of hydrogen-bond donors (Lipinski definition) is 2. The highest BCUT2D eigenvalue weighted by atomic mass is 35.5. The molecule has 1 aliphatic heterocycles. The largest absolute Gasteiger partial charge is 1.00 e. The van der Waals surface area contributed by atoms with Gasteiger partial charge < -0.3 is 44.3 Å². The van der Waals surface area contributed by atoms with Crippen LogP contribution in [0.2, 0.25) is 0 Å². The highest BCUT2D eigenvalue weighted by Gasteiger charge is 2.15. The molecule has 2 N–H and O–H groups in total. The Morgan fingerprint density at radius 1 is 1.24 bits per heavy atom. The number of hydrazone groups is 1. The quantitative estimate of drug-likeness (QED) is 0.244. The van der Waals surface area contributed by atoms with Gasteiger partial charge >= 0.3 is 6.01 Å². The van der Waals surface area contributed by atoms with E-state index in [0.717, 1.165) is 24.5 Å². The maximum absolute atomic E-state index is 8.93. The third-order valence-electron chi connectivity index (χ3n) is 4.00. The summed E-state index contributed by atoms with van der Waals surface area (Å²) in [5.41, 5.74) is 5.13. The Kier molecular flexibility index (Phi) is 11.3. The van der Waals surface area contributed by atoms with E-state index in [-0.39, 0.29) is 37.4 Å². The monoisotopic (exact) mass is 441 g/mol. The molecule has 1 aromatic heterocycles. The van der Waals surface area contributed by atoms with Crippen LogP contribution in [0.4, 0.5) is 11.6 Å². The molecule has 1 fully saturated rings. The van der Waals surface area contributed by atoms with Gasteiger partial charge in [0.15, 0.2) is 5.82 Å². The number of nitrogens with one attached hydrogen (secondary N) is 1. The summed E-state index contributed by atoms with van der Waals surface area (Å²) in [6.07, 6.45) is 2.27. The highest BCUT2D eigenvalue weighted by Crippen LogP contribution is 2.20. The van der Waals surface area contributed by atoms with Crippen molar-refractivity contribution in [3.63, 3.8) is 0 Å². The number of rotatable bonds is 8. The Hall–Kier alpha value is -2.13. The lowest BCUT2D eigenvalue weighted by molar-refractivity contribution is -0.00100. The van der Waals surface area contributed by atoms with E-state index in [4.69, 9.17) is 14.6 Å². The molecule has 0 aliphatic carbocycles. The van der Waals surface area contributed by atoms with Gasteiger partial charge in [0.25, 0.3) is 0 Å². The van der Waals surface area contributed by atoms with Crippen LogP contribution in [0.1, 0.15) is 17.5 Å². The molecule has 0 unspecified atom stereocenters. The molecular formula is C19H25Cl2N5O3-2. The van der Waals surface area contributed by atoms with E-state index in [2.05, 4.69) is 25.4 Å². The van der Waals surface area contributed by atoms with Crippen molar-refractivity contribution >= 4 is 17.9 Å². The Labute approximate surface area is 183 Å². The van der Waals surface area contributed by atoms with Crippen molar-refractivity contribution < 1.29 is 39.4 Å². The summed E-state index contributed by atoms with van der Waals surface area (Å²) in [6, 6.07) is 10.2. The number of halogens is 2. The predicted molar refractivity (Wildman–Crippen MR) is 105 cm³/mol. The Morgan fingerprint density at radius 2 is 2.03 bits per heavy atom. The van der Waals surface area contributed by atoms with Gasteiger partial charge in [0.05, 0.1) is 26.0 Å². The summed E-state index contributed by atoms with van der Waals surface area (Å²) < 4.78 is 11.0. The van der Waals surface area contributed by atoms with Crippen LogP contribution in [0, 0.1) is 6.92 Å². The number of aliphatic hydroxyl groups excluding tert-OH is 1. The number of hydrogen-bond acceptors (Lipinski definition) is 8. The summed E-state index contributed by atoms with van der Waals surface area (Å²) >= 11 is 0. The third kappa shape index (κ3) is 8.02. The SMILES string of the molecule is Cc1cccc(/C=N/Nc2cc(N3CCOCC3)nc(OCCCO)n2)c1.[Cl-].[Cl-]. The van der Waals surface area contributed by atoms with E-state index < -0.39 is 0 Å². The molecule has 0 atom stereocenters. The number of anilines is 2. The second kappa shape index (κ2) is 13.2. The molecule has 8 nitrogen and oxygen atoms in total. The maximum Gasteiger partial charge on any atom is 0.320 e. The molecule has 1 aliphatic rings. The molecule has 3 rings (SSSR count). The predicted octanol–water partition coefficient (Wildman–Crippen LogP) is -4.16. The molecule has 10 heteroatoms. The average molecular weight is 442 g/mol. The minimum Gasteiger partial charge on any atom is -1.00 e. The van der Waals surface area contributed by atoms with Crippen molar-refractivity contribution in [3.05, 3.63) is 41.5 Å². The van der Waals surface area contributed by atoms with Crippen LogP contribution in [-0.2, 0) is 4.74 Å². The zero-order valence-corrected chi connectivity index (χ0v) is 17.7. The second-order valence-electron chi connectivity index (χ2n) is 6.20. The number of morpholine rings is 1. The lowest BCUT2D eigenvalue weighted by atomic mass is 10.2. The summed E-state index contributed by atoms with van der Waals surface area (Å²) in [5.74, 6) is 1.31. The van der Waals surface area contributed by atoms with Gasteiger partial charge in [-0.2, -0.15) is 15.1 Å². The van der Waals surface area contributed by atoms with Crippen molar-refractivity contribution in [2.24, 2.45) is 5.10 Å². The Bertz CT molecular complexity index is 773. The summed E-state index contributed by atoms with van der Waals surface area (Å²) in [4.78, 5) is 10.9. The van der Waals surface area contributed by atoms with Crippen molar-refractivity contribution in [1.82, 2.24) is 9.97 Å². The fourth-order valence-corrected chi connectivity index (χ4v) is 2.64. The number of ether oxygens (including phenoxy) is 2. The smallest absolute Gasteiger partial charge is 0.320 e.